The minimum absolute atomic E-state index is 0.919. The molecule has 216 valence electrons. The second-order valence-corrected chi connectivity index (χ2v) is 12.2. The molecular weight excluding hydrogens is 556 g/mol. The molecule has 9 rings (SSSR count). The molecule has 0 bridgehead atoms. The van der Waals surface area contributed by atoms with E-state index in [1.165, 1.54) is 60.5 Å². The van der Waals surface area contributed by atoms with E-state index in [0.717, 1.165) is 33.1 Å². The quantitative estimate of drug-likeness (QED) is 0.187. The Bertz CT molecular complexity index is 2570. The molecule has 0 N–H and O–H groups in total. The van der Waals surface area contributed by atoms with E-state index in [1.807, 2.05) is 12.1 Å². The Morgan fingerprint density at radius 2 is 0.913 bits per heavy atom. The van der Waals surface area contributed by atoms with Gasteiger partial charge in [0.05, 0.1) is 0 Å². The molecular formula is C45H30O. The molecule has 1 nitrogen and oxygen atoms in total. The van der Waals surface area contributed by atoms with E-state index in [9.17, 15) is 0 Å². The van der Waals surface area contributed by atoms with E-state index in [0.29, 0.717) is 0 Å². The minimum atomic E-state index is 0.919. The molecule has 46 heavy (non-hydrogen) atoms. The highest BCUT2D eigenvalue weighted by Crippen LogP contribution is 2.45. The Balaban J connectivity index is 1.31. The zero-order valence-corrected chi connectivity index (χ0v) is 25.5. The normalized spacial score (nSPS) is 11.6. The van der Waals surface area contributed by atoms with Gasteiger partial charge in [0, 0.05) is 16.3 Å². The number of furan rings is 1. The smallest absolute Gasteiger partial charge is 0.143 e. The van der Waals surface area contributed by atoms with Crippen molar-refractivity contribution in [1.82, 2.24) is 0 Å². The molecule has 0 fully saturated rings. The number of hydrogen-bond acceptors (Lipinski definition) is 1. The molecule has 0 aliphatic heterocycles. The molecule has 0 atom stereocenters. The highest BCUT2D eigenvalue weighted by molar-refractivity contribution is 6.22. The fraction of sp³-hybridized carbons (Fsp3) is 0.0222. The van der Waals surface area contributed by atoms with Gasteiger partial charge in [0.15, 0.2) is 0 Å². The van der Waals surface area contributed by atoms with Crippen LogP contribution in [0.25, 0.3) is 88.0 Å². The van der Waals surface area contributed by atoms with Crippen molar-refractivity contribution >= 4 is 43.5 Å². The summed E-state index contributed by atoms with van der Waals surface area (Å²) in [4.78, 5) is 0. The lowest BCUT2D eigenvalue weighted by atomic mass is 9.84. The number of fused-ring (bicyclic) bond motifs is 5. The van der Waals surface area contributed by atoms with Crippen LogP contribution in [0.1, 0.15) is 5.56 Å². The first kappa shape index (κ1) is 26.5. The molecule has 1 aromatic heterocycles. The van der Waals surface area contributed by atoms with Gasteiger partial charge in [0.2, 0.25) is 0 Å². The Kier molecular flexibility index (Phi) is 6.11. The first-order valence-electron chi connectivity index (χ1n) is 15.8. The van der Waals surface area contributed by atoms with Crippen LogP contribution in [-0.4, -0.2) is 0 Å². The van der Waals surface area contributed by atoms with Gasteiger partial charge < -0.3 is 4.42 Å². The number of benzene rings is 8. The minimum Gasteiger partial charge on any atom is -0.455 e. The first-order chi connectivity index (χ1) is 22.7. The largest absolute Gasteiger partial charge is 0.455 e. The number of hydrogen-bond donors (Lipinski definition) is 0. The standard InChI is InChI=1S/C45H30O/c1-29-25-33(27-34(26-29)35-20-12-21-40-36-17-10-11-22-42(36)46-45(35)40)32-23-24-39-41(28-32)44(31-15-6-3-7-16-31)38-19-9-8-18-37(38)43(39)30-13-4-2-5-14-30/h2-28H,1H3. The lowest BCUT2D eigenvalue weighted by Gasteiger charge is -2.19. The van der Waals surface area contributed by atoms with Crippen molar-refractivity contribution in [3.05, 3.63) is 169 Å². The van der Waals surface area contributed by atoms with Crippen molar-refractivity contribution in [2.45, 2.75) is 6.92 Å². The summed E-state index contributed by atoms with van der Waals surface area (Å²) in [6.45, 7) is 2.18. The van der Waals surface area contributed by atoms with Crippen LogP contribution in [0.2, 0.25) is 0 Å². The fourth-order valence-corrected chi connectivity index (χ4v) is 7.27. The van der Waals surface area contributed by atoms with Crippen molar-refractivity contribution in [3.63, 3.8) is 0 Å². The lowest BCUT2D eigenvalue weighted by Crippen LogP contribution is -1.92. The maximum Gasteiger partial charge on any atom is 0.143 e. The molecule has 0 aliphatic carbocycles. The Labute approximate surface area is 268 Å². The third-order valence-electron chi connectivity index (χ3n) is 9.27. The first-order valence-corrected chi connectivity index (χ1v) is 15.8. The summed E-state index contributed by atoms with van der Waals surface area (Å²) in [5.74, 6) is 0. The monoisotopic (exact) mass is 586 g/mol. The van der Waals surface area contributed by atoms with Gasteiger partial charge in [-0.2, -0.15) is 0 Å². The molecule has 0 saturated heterocycles. The van der Waals surface area contributed by atoms with Crippen LogP contribution in [0.4, 0.5) is 0 Å². The SMILES string of the molecule is Cc1cc(-c2ccc3c(-c4ccccc4)c4ccccc4c(-c4ccccc4)c3c2)cc(-c2cccc3c2oc2ccccc23)c1. The molecule has 0 radical (unpaired) electrons. The van der Waals surface area contributed by atoms with Gasteiger partial charge in [-0.25, -0.2) is 0 Å². The third-order valence-corrected chi connectivity index (χ3v) is 9.27. The van der Waals surface area contributed by atoms with Crippen LogP contribution in [0.15, 0.2) is 168 Å². The molecule has 0 unspecified atom stereocenters. The van der Waals surface area contributed by atoms with Gasteiger partial charge in [0.1, 0.15) is 11.2 Å². The van der Waals surface area contributed by atoms with Gasteiger partial charge in [0.25, 0.3) is 0 Å². The summed E-state index contributed by atoms with van der Waals surface area (Å²) < 4.78 is 6.44. The maximum atomic E-state index is 6.44. The summed E-state index contributed by atoms with van der Waals surface area (Å²) in [7, 11) is 0. The highest BCUT2D eigenvalue weighted by atomic mass is 16.3. The van der Waals surface area contributed by atoms with Crippen LogP contribution in [0.5, 0.6) is 0 Å². The van der Waals surface area contributed by atoms with E-state index >= 15 is 0 Å². The van der Waals surface area contributed by atoms with E-state index < -0.39 is 0 Å². The summed E-state index contributed by atoms with van der Waals surface area (Å²) in [6.07, 6.45) is 0. The van der Waals surface area contributed by atoms with Crippen LogP contribution < -0.4 is 0 Å². The molecule has 9 aromatic rings. The molecule has 1 heteroatoms. The second-order valence-electron chi connectivity index (χ2n) is 12.2. The highest BCUT2D eigenvalue weighted by Gasteiger charge is 2.18. The second kappa shape index (κ2) is 10.6. The van der Waals surface area contributed by atoms with E-state index in [4.69, 9.17) is 4.42 Å². The van der Waals surface area contributed by atoms with Crippen molar-refractivity contribution < 1.29 is 4.42 Å². The van der Waals surface area contributed by atoms with E-state index in [-0.39, 0.29) is 0 Å². The number of aryl methyl sites for hydroxylation is 1. The van der Waals surface area contributed by atoms with E-state index in [1.54, 1.807) is 0 Å². The summed E-state index contributed by atoms with van der Waals surface area (Å²) in [5.41, 5.74) is 12.7. The summed E-state index contributed by atoms with van der Waals surface area (Å²) in [6, 6.07) is 59.1. The number of rotatable bonds is 4. The molecule has 8 aromatic carbocycles. The van der Waals surface area contributed by atoms with Crippen molar-refractivity contribution in [1.29, 1.82) is 0 Å². The fourth-order valence-electron chi connectivity index (χ4n) is 7.27. The summed E-state index contributed by atoms with van der Waals surface area (Å²) in [5, 5.41) is 7.34. The topological polar surface area (TPSA) is 13.1 Å². The van der Waals surface area contributed by atoms with Gasteiger partial charge in [-0.15, -0.1) is 0 Å². The zero-order valence-electron chi connectivity index (χ0n) is 25.5. The van der Waals surface area contributed by atoms with Crippen molar-refractivity contribution in [2.24, 2.45) is 0 Å². The van der Waals surface area contributed by atoms with Gasteiger partial charge in [-0.05, 0) is 91.2 Å². The van der Waals surface area contributed by atoms with Crippen LogP contribution >= 0.6 is 0 Å². The summed E-state index contributed by atoms with van der Waals surface area (Å²) >= 11 is 0. The van der Waals surface area contributed by atoms with Crippen molar-refractivity contribution in [2.75, 3.05) is 0 Å². The lowest BCUT2D eigenvalue weighted by molar-refractivity contribution is 0.670. The zero-order chi connectivity index (χ0) is 30.6. The molecule has 0 spiro atoms. The molecule has 0 amide bonds. The molecule has 1 heterocycles. The van der Waals surface area contributed by atoms with Crippen molar-refractivity contribution in [3.8, 4) is 44.5 Å². The predicted molar refractivity (Wildman–Crippen MR) is 195 cm³/mol. The Hall–Kier alpha value is -5.92. The Morgan fingerprint density at radius 1 is 0.348 bits per heavy atom. The van der Waals surface area contributed by atoms with E-state index in [2.05, 4.69) is 159 Å². The van der Waals surface area contributed by atoms with Crippen LogP contribution in [0.3, 0.4) is 0 Å². The third kappa shape index (κ3) is 4.24. The van der Waals surface area contributed by atoms with Crippen LogP contribution in [0, 0.1) is 6.92 Å². The molecule has 0 saturated carbocycles. The molecule has 0 aliphatic rings. The van der Waals surface area contributed by atoms with Crippen LogP contribution in [-0.2, 0) is 0 Å². The van der Waals surface area contributed by atoms with Gasteiger partial charge in [-0.1, -0.05) is 146 Å². The predicted octanol–water partition coefficient (Wildman–Crippen LogP) is 12.9. The number of para-hydroxylation sites is 2. The Morgan fingerprint density at radius 3 is 1.63 bits per heavy atom. The maximum absolute atomic E-state index is 6.44. The average Bonchev–Trinajstić information content (AvgIpc) is 3.50. The van der Waals surface area contributed by atoms with Gasteiger partial charge >= 0.3 is 0 Å². The average molecular weight is 587 g/mol. The van der Waals surface area contributed by atoms with Gasteiger partial charge in [-0.3, -0.25) is 0 Å².